The Balaban J connectivity index is 1.54. The lowest BCUT2D eigenvalue weighted by Gasteiger charge is -2.22. The Morgan fingerprint density at radius 3 is 2.36 bits per heavy atom. The van der Waals surface area contributed by atoms with Crippen molar-refractivity contribution < 1.29 is 28.8 Å². The van der Waals surface area contributed by atoms with Crippen molar-refractivity contribution in [3.63, 3.8) is 0 Å². The minimum Gasteiger partial charge on any atom is -0.355 e. The third-order valence-corrected chi connectivity index (χ3v) is 4.84. The van der Waals surface area contributed by atoms with Gasteiger partial charge in [0, 0.05) is 38.4 Å². The van der Waals surface area contributed by atoms with Crippen molar-refractivity contribution in [1.29, 1.82) is 0 Å². The molecule has 0 aromatic carbocycles. The molecule has 0 aromatic heterocycles. The van der Waals surface area contributed by atoms with Crippen LogP contribution in [0.5, 0.6) is 0 Å². The lowest BCUT2D eigenvalue weighted by molar-refractivity contribution is -0.197. The van der Waals surface area contributed by atoms with Crippen LogP contribution in [0.15, 0.2) is 0 Å². The van der Waals surface area contributed by atoms with Crippen molar-refractivity contribution >= 4 is 29.6 Å². The Kier molecular flexibility index (Phi) is 8.37. The number of imide groups is 1. The third-order valence-electron chi connectivity index (χ3n) is 4.84. The monoisotopic (exact) mass is 404 g/mol. The molecule has 1 unspecified atom stereocenters. The maximum absolute atomic E-state index is 12.0. The highest BCUT2D eigenvalue weighted by Gasteiger charge is 2.32. The summed E-state index contributed by atoms with van der Waals surface area (Å²) in [6.07, 6.45) is 3.25. The van der Waals surface area contributed by atoms with Crippen molar-refractivity contribution in [3.8, 4) is 0 Å². The molecule has 2 saturated heterocycles. The third kappa shape index (κ3) is 6.59. The fraction of sp³-hybridized carbons (Fsp3) is 0.722. The minimum atomic E-state index is -0.770. The van der Waals surface area contributed by atoms with Crippen LogP contribution in [-0.4, -0.2) is 71.8 Å². The van der Waals surface area contributed by atoms with Crippen molar-refractivity contribution in [2.75, 3.05) is 26.2 Å². The molecular weight excluding hydrogens is 376 g/mol. The van der Waals surface area contributed by atoms with Gasteiger partial charge in [0.2, 0.25) is 11.8 Å². The quantitative estimate of drug-likeness (QED) is 0.371. The largest absolute Gasteiger partial charge is 0.355 e. The molecule has 1 atom stereocenters. The Bertz CT molecular complexity index is 607. The molecule has 28 heavy (non-hydrogen) atoms. The van der Waals surface area contributed by atoms with Crippen LogP contribution in [0, 0.1) is 0 Å². The van der Waals surface area contributed by atoms with E-state index in [1.807, 2.05) is 0 Å². The standard InChI is InChI=1S/C18H28N4O6/c1-2-13-4-3-11-21(13)12-15(24)20-9-7-14(23)19-10-8-18(27)28-22-16(25)5-6-17(22)26/h13H,2-12H2,1H3,(H,19,23)(H,20,24)/i1+1,2+1,3+1,4+1,11+1,12+1,13+1,15+1. The van der Waals surface area contributed by atoms with E-state index in [1.165, 1.54) is 0 Å². The summed E-state index contributed by atoms with van der Waals surface area (Å²) >= 11 is 0. The molecule has 0 aliphatic carbocycles. The van der Waals surface area contributed by atoms with E-state index in [9.17, 15) is 24.0 Å². The number of carbonyl (C=O) groups is 5. The molecule has 2 rings (SSSR count). The number of hydrogen-bond donors (Lipinski definition) is 2. The molecule has 2 heterocycles. The predicted molar refractivity (Wildman–Crippen MR) is 97.3 cm³/mol. The summed E-state index contributed by atoms with van der Waals surface area (Å²) in [6, 6.07) is 0.458. The SMILES string of the molecule is [13CH3][13CH2][13CH]1[13CH2][13CH2][13CH2]N1[13CH2][13C](=O)NCCC(=O)NCCC(=O)ON1C(=O)CCC1=O. The molecule has 2 aliphatic heterocycles. The van der Waals surface area contributed by atoms with E-state index in [0.29, 0.717) is 17.6 Å². The van der Waals surface area contributed by atoms with Gasteiger partial charge in [-0.05, 0) is 25.8 Å². The van der Waals surface area contributed by atoms with Crippen molar-refractivity contribution in [3.05, 3.63) is 0 Å². The van der Waals surface area contributed by atoms with Crippen LogP contribution in [0.1, 0.15) is 51.9 Å². The molecule has 0 saturated carbocycles. The van der Waals surface area contributed by atoms with Crippen LogP contribution in [0.2, 0.25) is 0 Å². The average Bonchev–Trinajstić information content (AvgIpc) is 3.22. The molecule has 4 amide bonds. The molecule has 2 N–H and O–H groups in total. The van der Waals surface area contributed by atoms with Crippen LogP contribution in [0.3, 0.4) is 0 Å². The Hall–Kier alpha value is -2.49. The smallest absolute Gasteiger partial charge is 0.334 e. The van der Waals surface area contributed by atoms with E-state index in [0.717, 1.165) is 25.8 Å². The van der Waals surface area contributed by atoms with Gasteiger partial charge in [-0.1, -0.05) is 6.92 Å². The van der Waals surface area contributed by atoms with Crippen molar-refractivity contribution in [2.24, 2.45) is 0 Å². The van der Waals surface area contributed by atoms with Gasteiger partial charge in [-0.25, -0.2) is 4.79 Å². The Morgan fingerprint density at radius 2 is 1.68 bits per heavy atom. The number of likely N-dealkylation sites (tertiary alicyclic amines) is 1. The van der Waals surface area contributed by atoms with Crippen LogP contribution in [0.4, 0.5) is 0 Å². The molecule has 0 aromatic rings. The second-order valence-electron chi connectivity index (χ2n) is 6.92. The summed E-state index contributed by atoms with van der Waals surface area (Å²) in [4.78, 5) is 64.9. The molecule has 156 valence electrons. The van der Waals surface area contributed by atoms with Gasteiger partial charge in [0.05, 0.1) is 13.0 Å². The summed E-state index contributed by atoms with van der Waals surface area (Å²) in [6.45, 7) is 3.63. The highest BCUT2D eigenvalue weighted by atomic mass is 16.7. The van der Waals surface area contributed by atoms with E-state index in [4.69, 9.17) is 4.84 Å². The number of amides is 4. The number of carbonyl (C=O) groups excluding carboxylic acids is 5. The maximum atomic E-state index is 12.0. The van der Waals surface area contributed by atoms with E-state index < -0.39 is 17.8 Å². The summed E-state index contributed by atoms with van der Waals surface area (Å²) in [7, 11) is 0. The highest BCUT2D eigenvalue weighted by Crippen LogP contribution is 2.18. The zero-order valence-electron chi connectivity index (χ0n) is 16.2. The minimum absolute atomic E-state index is 0.0216. The highest BCUT2D eigenvalue weighted by molar-refractivity contribution is 6.01. The number of nitrogens with zero attached hydrogens (tertiary/aromatic N) is 2. The molecule has 2 fully saturated rings. The van der Waals surface area contributed by atoms with Gasteiger partial charge in [-0.2, -0.15) is 0 Å². The molecule has 10 nitrogen and oxygen atoms in total. The number of rotatable bonds is 10. The van der Waals surface area contributed by atoms with Crippen LogP contribution in [0.25, 0.3) is 0 Å². The normalized spacial score (nSPS) is 19.8. The van der Waals surface area contributed by atoms with Crippen molar-refractivity contribution in [2.45, 2.75) is 57.9 Å². The van der Waals surface area contributed by atoms with Gasteiger partial charge in [0.15, 0.2) is 0 Å². The molecule has 10 heteroatoms. The molecule has 0 bridgehead atoms. The lowest BCUT2D eigenvalue weighted by atomic mass is 10.3. The summed E-state index contributed by atoms with van der Waals surface area (Å²) in [5.41, 5.74) is 0. The van der Waals surface area contributed by atoms with E-state index in [1.54, 1.807) is 0 Å². The van der Waals surface area contributed by atoms with Gasteiger partial charge < -0.3 is 15.5 Å². The lowest BCUT2D eigenvalue weighted by Crippen LogP contribution is -2.40. The maximum Gasteiger partial charge on any atom is 0.334 e. The van der Waals surface area contributed by atoms with Crippen LogP contribution >= 0.6 is 0 Å². The van der Waals surface area contributed by atoms with E-state index in [-0.39, 0.29) is 50.6 Å². The predicted octanol–water partition coefficient (Wildman–Crippen LogP) is -0.519. The molecule has 0 spiro atoms. The van der Waals surface area contributed by atoms with E-state index in [2.05, 4.69) is 22.5 Å². The Morgan fingerprint density at radius 1 is 1.04 bits per heavy atom. The molecule has 0 radical (unpaired) electrons. The Labute approximate surface area is 163 Å². The van der Waals surface area contributed by atoms with Gasteiger partial charge in [0.25, 0.3) is 11.8 Å². The average molecular weight is 404 g/mol. The second-order valence-corrected chi connectivity index (χ2v) is 6.92. The van der Waals surface area contributed by atoms with Crippen LogP contribution < -0.4 is 10.6 Å². The topological polar surface area (TPSA) is 125 Å². The van der Waals surface area contributed by atoms with Gasteiger partial charge in [-0.15, -0.1) is 5.06 Å². The first-order valence-corrected chi connectivity index (χ1v) is 9.74. The number of nitrogens with one attached hydrogen (secondary N) is 2. The van der Waals surface area contributed by atoms with Gasteiger partial charge in [0.1, 0.15) is 0 Å². The first kappa shape index (κ1) is 21.8. The molecular formula is C18H28N4O6. The zero-order valence-corrected chi connectivity index (χ0v) is 16.2. The number of hydroxylamine groups is 2. The second kappa shape index (κ2) is 10.7. The summed E-state index contributed by atoms with van der Waals surface area (Å²) in [5, 5.41) is 5.74. The first-order valence-electron chi connectivity index (χ1n) is 9.74. The fourth-order valence-corrected chi connectivity index (χ4v) is 3.32. The van der Waals surface area contributed by atoms with Gasteiger partial charge >= 0.3 is 5.97 Å². The van der Waals surface area contributed by atoms with Crippen molar-refractivity contribution in [1.82, 2.24) is 20.6 Å². The van der Waals surface area contributed by atoms with E-state index >= 15 is 0 Å². The summed E-state index contributed by atoms with van der Waals surface area (Å²) < 4.78 is 0. The zero-order chi connectivity index (χ0) is 20.5. The first-order chi connectivity index (χ1) is 13.4. The number of hydrogen-bond acceptors (Lipinski definition) is 7. The summed E-state index contributed by atoms with van der Waals surface area (Å²) in [5.74, 6) is -2.27. The van der Waals surface area contributed by atoms with Gasteiger partial charge in [-0.3, -0.25) is 24.1 Å². The van der Waals surface area contributed by atoms with Crippen LogP contribution in [-0.2, 0) is 28.8 Å². The fourth-order valence-electron chi connectivity index (χ4n) is 3.32. The molecule has 2 aliphatic rings.